The molecule has 0 amide bonds. The van der Waals surface area contributed by atoms with Gasteiger partial charge in [-0.1, -0.05) is 61.5 Å². The van der Waals surface area contributed by atoms with Crippen LogP contribution < -0.4 is 15.2 Å². The molecule has 3 N–H and O–H groups in total. The van der Waals surface area contributed by atoms with E-state index in [0.29, 0.717) is 17.9 Å². The SMILES string of the molecule is [B][C@@H]1OC(COC(c2ccccc2)(c2ccc(OC)cc2)c2ccc(OC)cc2)C(OP(=O)(O)O[C@@H](C)CC)C1OC(N)=S. The van der Waals surface area contributed by atoms with Crippen LogP contribution in [0.1, 0.15) is 37.0 Å². The fourth-order valence-electron chi connectivity index (χ4n) is 5.05. The Balaban J connectivity index is 1.79. The first kappa shape index (κ1) is 33.9. The molecule has 0 spiro atoms. The minimum atomic E-state index is -4.60. The van der Waals surface area contributed by atoms with Gasteiger partial charge in [-0.05, 0) is 66.5 Å². The van der Waals surface area contributed by atoms with Crippen molar-refractivity contribution in [1.82, 2.24) is 0 Å². The first-order valence-electron chi connectivity index (χ1n) is 14.1. The highest BCUT2D eigenvalue weighted by atomic mass is 32.1. The molecule has 0 aliphatic carbocycles. The van der Waals surface area contributed by atoms with Gasteiger partial charge in [-0.3, -0.25) is 9.05 Å². The summed E-state index contributed by atoms with van der Waals surface area (Å²) in [7, 11) is 4.84. The molecule has 1 aliphatic rings. The molecule has 3 aromatic rings. The fourth-order valence-corrected chi connectivity index (χ4v) is 6.38. The van der Waals surface area contributed by atoms with Crippen LogP contribution in [0, 0.1) is 0 Å². The lowest BCUT2D eigenvalue weighted by Gasteiger charge is -2.37. The lowest BCUT2D eigenvalue weighted by molar-refractivity contribution is -0.0755. The van der Waals surface area contributed by atoms with Crippen LogP contribution >= 0.6 is 20.0 Å². The molecule has 0 aromatic heterocycles. The van der Waals surface area contributed by atoms with Crippen molar-refractivity contribution in [3.05, 3.63) is 95.6 Å². The van der Waals surface area contributed by atoms with E-state index in [1.54, 1.807) is 21.1 Å². The molecule has 3 aromatic carbocycles. The Kier molecular flexibility index (Phi) is 11.5. The third kappa shape index (κ3) is 7.81. The molecule has 0 bridgehead atoms. The number of hydrogen-bond acceptors (Lipinski definition) is 9. The van der Waals surface area contributed by atoms with Crippen molar-refractivity contribution >= 4 is 33.1 Å². The highest BCUT2D eigenvalue weighted by Gasteiger charge is 2.50. The summed E-state index contributed by atoms with van der Waals surface area (Å²) >= 11 is 4.94. The second-order valence-corrected chi connectivity index (χ2v) is 12.0. The predicted octanol–water partition coefficient (Wildman–Crippen LogP) is 4.84. The van der Waals surface area contributed by atoms with Crippen molar-refractivity contribution in [2.24, 2.45) is 5.73 Å². The second kappa shape index (κ2) is 14.9. The molecule has 4 rings (SSSR count). The maximum atomic E-state index is 13.0. The maximum Gasteiger partial charge on any atom is 0.472 e. The van der Waals surface area contributed by atoms with E-state index in [2.05, 4.69) is 0 Å². The number of nitrogens with two attached hydrogens (primary N) is 1. The smallest absolute Gasteiger partial charge is 0.472 e. The predicted molar refractivity (Wildman–Crippen MR) is 170 cm³/mol. The topological polar surface area (TPSA) is 128 Å². The molecule has 4 unspecified atom stereocenters. The van der Waals surface area contributed by atoms with E-state index < -0.39 is 43.8 Å². The Morgan fingerprint density at radius 3 is 1.98 bits per heavy atom. The van der Waals surface area contributed by atoms with Gasteiger partial charge < -0.3 is 34.3 Å². The number of phosphoric ester groups is 1. The first-order valence-corrected chi connectivity index (χ1v) is 16.0. The van der Waals surface area contributed by atoms with Crippen LogP contribution in [0.5, 0.6) is 11.5 Å². The number of benzene rings is 3. The number of thiocarbonyl (C=S) groups is 1. The summed E-state index contributed by atoms with van der Waals surface area (Å²) in [4.78, 5) is 10.6. The van der Waals surface area contributed by atoms with Gasteiger partial charge in [0, 0.05) is 0 Å². The van der Waals surface area contributed by atoms with Gasteiger partial charge in [0.25, 0.3) is 5.17 Å². The number of hydrogen-bond donors (Lipinski definition) is 2. The Morgan fingerprint density at radius 1 is 0.977 bits per heavy atom. The Labute approximate surface area is 264 Å². The van der Waals surface area contributed by atoms with Crippen LogP contribution in [0.4, 0.5) is 0 Å². The molecule has 2 radical (unpaired) electrons. The van der Waals surface area contributed by atoms with Gasteiger partial charge in [-0.25, -0.2) is 4.57 Å². The highest BCUT2D eigenvalue weighted by Crippen LogP contribution is 2.49. The lowest BCUT2D eigenvalue weighted by Crippen LogP contribution is -2.43. The summed E-state index contributed by atoms with van der Waals surface area (Å²) in [6, 6.07) is 23.5. The van der Waals surface area contributed by atoms with Crippen molar-refractivity contribution in [2.45, 2.75) is 56.3 Å². The minimum Gasteiger partial charge on any atom is -0.497 e. The van der Waals surface area contributed by atoms with Crippen molar-refractivity contribution in [1.29, 1.82) is 0 Å². The van der Waals surface area contributed by atoms with Gasteiger partial charge in [-0.15, -0.1) is 0 Å². The maximum absolute atomic E-state index is 13.0. The molecule has 6 atom stereocenters. The highest BCUT2D eigenvalue weighted by molar-refractivity contribution is 7.80. The van der Waals surface area contributed by atoms with Crippen molar-refractivity contribution in [2.75, 3.05) is 20.8 Å². The van der Waals surface area contributed by atoms with E-state index in [-0.39, 0.29) is 11.8 Å². The van der Waals surface area contributed by atoms with Crippen LogP contribution in [0.2, 0.25) is 0 Å². The summed E-state index contributed by atoms with van der Waals surface area (Å²) in [6.45, 7) is 3.31. The summed E-state index contributed by atoms with van der Waals surface area (Å²) in [5.74, 6) is 1.34. The van der Waals surface area contributed by atoms with Crippen LogP contribution in [-0.2, 0) is 33.4 Å². The molecule has 1 saturated heterocycles. The molecule has 44 heavy (non-hydrogen) atoms. The summed E-state index contributed by atoms with van der Waals surface area (Å²) < 4.78 is 53.2. The normalized spacial score (nSPS) is 22.1. The van der Waals surface area contributed by atoms with E-state index in [0.717, 1.165) is 16.7 Å². The van der Waals surface area contributed by atoms with Gasteiger partial charge in [-0.2, -0.15) is 0 Å². The molecule has 1 fully saturated rings. The Bertz CT molecular complexity index is 1370. The van der Waals surface area contributed by atoms with Gasteiger partial charge in [0.2, 0.25) is 0 Å². The molecular weight excluding hydrogens is 604 g/mol. The summed E-state index contributed by atoms with van der Waals surface area (Å²) in [5.41, 5.74) is 6.81. The summed E-state index contributed by atoms with van der Waals surface area (Å²) in [6.07, 6.45) is -3.41. The standard InChI is InChI=1S/C31H37BNO9PS/c1-5-20(2)41-43(34,35)42-27-26(39-29(32)28(27)40-30(33)44)19-38-31(21-9-7-6-8-10-21,22-11-15-24(36-3)16-12-22)23-13-17-25(37-4)18-14-23/h6-18,20,26-29H,5,19H2,1-4H3,(H2,33,44)(H,34,35)/t20-,26?,27?,28?,29+/m0/s1. The number of ether oxygens (including phenoxy) is 5. The van der Waals surface area contributed by atoms with E-state index >= 15 is 0 Å². The molecule has 1 heterocycles. The summed E-state index contributed by atoms with van der Waals surface area (Å²) in [5, 5.41) is -0.324. The van der Waals surface area contributed by atoms with Gasteiger partial charge >= 0.3 is 7.82 Å². The molecule has 234 valence electrons. The third-order valence-corrected chi connectivity index (χ3v) is 8.61. The minimum absolute atomic E-state index is 0.161. The number of methoxy groups -OCH3 is 2. The Hall–Kier alpha value is -2.96. The monoisotopic (exact) mass is 641 g/mol. The fraction of sp³-hybridized carbons (Fsp3) is 0.387. The second-order valence-electron chi connectivity index (χ2n) is 10.2. The molecule has 10 nitrogen and oxygen atoms in total. The van der Waals surface area contributed by atoms with E-state index in [9.17, 15) is 9.46 Å². The quantitative estimate of drug-likeness (QED) is 0.109. The zero-order chi connectivity index (χ0) is 31.9. The van der Waals surface area contributed by atoms with Crippen LogP contribution in [0.15, 0.2) is 78.9 Å². The van der Waals surface area contributed by atoms with Crippen LogP contribution in [0.25, 0.3) is 0 Å². The third-order valence-electron chi connectivity index (χ3n) is 7.38. The van der Waals surface area contributed by atoms with Crippen molar-refractivity contribution in [3.8, 4) is 11.5 Å². The van der Waals surface area contributed by atoms with Gasteiger partial charge in [0.15, 0.2) is 0 Å². The zero-order valence-electron chi connectivity index (χ0n) is 25.0. The molecule has 13 heteroatoms. The molecule has 0 saturated carbocycles. The van der Waals surface area contributed by atoms with Crippen LogP contribution in [0.3, 0.4) is 0 Å². The zero-order valence-corrected chi connectivity index (χ0v) is 26.7. The Morgan fingerprint density at radius 2 is 1.50 bits per heavy atom. The van der Waals surface area contributed by atoms with E-state index in [1.807, 2.05) is 85.8 Å². The van der Waals surface area contributed by atoms with Crippen molar-refractivity contribution in [3.63, 3.8) is 0 Å². The van der Waals surface area contributed by atoms with E-state index in [1.165, 1.54) is 0 Å². The van der Waals surface area contributed by atoms with Crippen molar-refractivity contribution < 1.29 is 42.2 Å². The molecule has 1 aliphatic heterocycles. The average molecular weight is 641 g/mol. The van der Waals surface area contributed by atoms with Gasteiger partial charge in [0.05, 0.1) is 32.9 Å². The average Bonchev–Trinajstić information content (AvgIpc) is 3.30. The lowest BCUT2D eigenvalue weighted by atomic mass is 9.80. The largest absolute Gasteiger partial charge is 0.497 e. The number of rotatable bonds is 14. The van der Waals surface area contributed by atoms with Crippen LogP contribution in [-0.4, -0.2) is 69.2 Å². The molecular formula is C31H37BNO9PS. The van der Waals surface area contributed by atoms with E-state index in [4.69, 9.17) is 58.5 Å². The number of phosphoric acid groups is 1. The van der Waals surface area contributed by atoms with Gasteiger partial charge in [0.1, 0.15) is 43.3 Å². The first-order chi connectivity index (χ1) is 21.0.